The fraction of sp³-hybridized carbons (Fsp3) is 0.643. The maximum absolute atomic E-state index is 11.9. The van der Waals surface area contributed by atoms with E-state index in [0.29, 0.717) is 5.57 Å². The standard InChI is InChI=1S/C14H22O2/c1-13(2,3)9-7-10(14(4,5)6)12(16)11(15)8-9/h7-8,11,15H,1-6H3. The Morgan fingerprint density at radius 1 is 1.06 bits per heavy atom. The van der Waals surface area contributed by atoms with Crippen molar-refractivity contribution >= 4 is 5.78 Å². The van der Waals surface area contributed by atoms with Crippen molar-refractivity contribution in [3.05, 3.63) is 23.3 Å². The molecular formula is C14H22O2. The number of allylic oxidation sites excluding steroid dienone is 2. The molecule has 90 valence electrons. The Balaban J connectivity index is 3.23. The van der Waals surface area contributed by atoms with Gasteiger partial charge in [0, 0.05) is 5.57 Å². The summed E-state index contributed by atoms with van der Waals surface area (Å²) in [5, 5.41) is 9.78. The number of aliphatic hydroxyl groups excluding tert-OH is 1. The molecule has 0 fully saturated rings. The molecule has 0 heterocycles. The monoisotopic (exact) mass is 222 g/mol. The quantitative estimate of drug-likeness (QED) is 0.684. The van der Waals surface area contributed by atoms with E-state index in [4.69, 9.17) is 0 Å². The van der Waals surface area contributed by atoms with Gasteiger partial charge in [0.2, 0.25) is 0 Å². The topological polar surface area (TPSA) is 37.3 Å². The molecule has 0 saturated carbocycles. The Labute approximate surface area is 98.1 Å². The summed E-state index contributed by atoms with van der Waals surface area (Å²) < 4.78 is 0. The van der Waals surface area contributed by atoms with Gasteiger partial charge in [-0.2, -0.15) is 0 Å². The number of aliphatic hydroxyl groups is 1. The highest BCUT2D eigenvalue weighted by atomic mass is 16.3. The molecule has 0 aromatic carbocycles. The van der Waals surface area contributed by atoms with Gasteiger partial charge in [0.1, 0.15) is 6.10 Å². The lowest BCUT2D eigenvalue weighted by Crippen LogP contribution is -2.31. The molecular weight excluding hydrogens is 200 g/mol. The molecule has 0 saturated heterocycles. The van der Waals surface area contributed by atoms with Gasteiger partial charge in [-0.15, -0.1) is 0 Å². The molecule has 2 heteroatoms. The van der Waals surface area contributed by atoms with Crippen molar-refractivity contribution in [3.63, 3.8) is 0 Å². The predicted molar refractivity (Wildman–Crippen MR) is 66.1 cm³/mol. The van der Waals surface area contributed by atoms with Gasteiger partial charge in [0.05, 0.1) is 0 Å². The van der Waals surface area contributed by atoms with Gasteiger partial charge in [-0.1, -0.05) is 47.6 Å². The van der Waals surface area contributed by atoms with Crippen molar-refractivity contribution in [3.8, 4) is 0 Å². The highest BCUT2D eigenvalue weighted by molar-refractivity contribution is 6.02. The van der Waals surface area contributed by atoms with Crippen LogP contribution in [0.25, 0.3) is 0 Å². The first-order chi connectivity index (χ1) is 7.03. The Kier molecular flexibility index (Phi) is 3.17. The van der Waals surface area contributed by atoms with Crippen LogP contribution < -0.4 is 0 Å². The van der Waals surface area contributed by atoms with Gasteiger partial charge < -0.3 is 5.11 Å². The summed E-state index contributed by atoms with van der Waals surface area (Å²) in [7, 11) is 0. The molecule has 1 unspecified atom stereocenters. The van der Waals surface area contributed by atoms with E-state index in [1.807, 2.05) is 26.8 Å². The second kappa shape index (κ2) is 3.85. The average molecular weight is 222 g/mol. The zero-order valence-electron chi connectivity index (χ0n) is 11.1. The number of ketones is 1. The molecule has 1 N–H and O–H groups in total. The minimum atomic E-state index is -0.978. The zero-order valence-corrected chi connectivity index (χ0v) is 11.1. The van der Waals surface area contributed by atoms with Crippen LogP contribution in [0.1, 0.15) is 41.5 Å². The second-order valence-electron chi connectivity index (χ2n) is 6.49. The highest BCUT2D eigenvalue weighted by Crippen LogP contribution is 2.36. The van der Waals surface area contributed by atoms with E-state index in [2.05, 4.69) is 20.8 Å². The summed E-state index contributed by atoms with van der Waals surface area (Å²) in [4.78, 5) is 11.9. The number of rotatable bonds is 0. The van der Waals surface area contributed by atoms with Crippen LogP contribution in [0.4, 0.5) is 0 Å². The van der Waals surface area contributed by atoms with E-state index < -0.39 is 6.10 Å². The van der Waals surface area contributed by atoms with E-state index in [1.54, 1.807) is 6.08 Å². The first kappa shape index (κ1) is 13.2. The van der Waals surface area contributed by atoms with E-state index >= 15 is 0 Å². The van der Waals surface area contributed by atoms with Crippen molar-refractivity contribution in [2.75, 3.05) is 0 Å². The SMILES string of the molecule is CC(C)(C)C1=CC(O)C(=O)C(C(C)(C)C)=C1. The van der Waals surface area contributed by atoms with Crippen LogP contribution in [0.15, 0.2) is 23.3 Å². The van der Waals surface area contributed by atoms with E-state index in [9.17, 15) is 9.90 Å². The zero-order chi connectivity index (χ0) is 12.7. The first-order valence-corrected chi connectivity index (χ1v) is 5.70. The summed E-state index contributed by atoms with van der Waals surface area (Å²) in [5.74, 6) is -0.166. The summed E-state index contributed by atoms with van der Waals surface area (Å²) in [6, 6.07) is 0. The van der Waals surface area contributed by atoms with Gasteiger partial charge in [-0.3, -0.25) is 4.79 Å². The van der Waals surface area contributed by atoms with Crippen LogP contribution in [0.2, 0.25) is 0 Å². The Morgan fingerprint density at radius 2 is 1.56 bits per heavy atom. The minimum Gasteiger partial charge on any atom is -0.381 e. The molecule has 1 aliphatic carbocycles. The molecule has 0 spiro atoms. The van der Waals surface area contributed by atoms with Crippen LogP contribution in [0.5, 0.6) is 0 Å². The Morgan fingerprint density at radius 3 is 1.94 bits per heavy atom. The van der Waals surface area contributed by atoms with Crippen LogP contribution in [0.3, 0.4) is 0 Å². The molecule has 1 rings (SSSR count). The first-order valence-electron chi connectivity index (χ1n) is 5.70. The molecule has 1 atom stereocenters. The smallest absolute Gasteiger partial charge is 0.191 e. The fourth-order valence-electron chi connectivity index (χ4n) is 1.73. The molecule has 0 aromatic heterocycles. The molecule has 0 radical (unpaired) electrons. The molecule has 0 amide bonds. The molecule has 1 aliphatic rings. The van der Waals surface area contributed by atoms with Crippen molar-refractivity contribution in [2.45, 2.75) is 47.6 Å². The van der Waals surface area contributed by atoms with Gasteiger partial charge >= 0.3 is 0 Å². The maximum atomic E-state index is 11.9. The normalized spacial score (nSPS) is 22.9. The van der Waals surface area contributed by atoms with Crippen LogP contribution in [-0.4, -0.2) is 17.0 Å². The summed E-state index contributed by atoms with van der Waals surface area (Å²) in [5.41, 5.74) is 1.48. The van der Waals surface area contributed by atoms with E-state index in [0.717, 1.165) is 5.57 Å². The van der Waals surface area contributed by atoms with Gasteiger partial charge in [0.25, 0.3) is 0 Å². The molecule has 0 aliphatic heterocycles. The fourth-order valence-corrected chi connectivity index (χ4v) is 1.73. The molecule has 16 heavy (non-hydrogen) atoms. The van der Waals surface area contributed by atoms with Crippen LogP contribution in [0, 0.1) is 10.8 Å². The number of Topliss-reactive ketones (excluding diaryl/α,β-unsaturated/α-hetero) is 1. The second-order valence-corrected chi connectivity index (χ2v) is 6.49. The molecule has 0 aromatic rings. The minimum absolute atomic E-state index is 0.0435. The highest BCUT2D eigenvalue weighted by Gasteiger charge is 2.33. The Bertz CT molecular complexity index is 359. The van der Waals surface area contributed by atoms with E-state index in [-0.39, 0.29) is 16.6 Å². The van der Waals surface area contributed by atoms with Gasteiger partial charge in [-0.05, 0) is 22.5 Å². The maximum Gasteiger partial charge on any atom is 0.191 e. The van der Waals surface area contributed by atoms with E-state index in [1.165, 1.54) is 0 Å². The largest absolute Gasteiger partial charge is 0.381 e. The average Bonchev–Trinajstić information content (AvgIpc) is 2.05. The number of carbonyl (C=O) groups excluding carboxylic acids is 1. The van der Waals surface area contributed by atoms with Crippen molar-refractivity contribution < 1.29 is 9.90 Å². The lowest BCUT2D eigenvalue weighted by Gasteiger charge is -2.31. The van der Waals surface area contributed by atoms with Gasteiger partial charge in [0.15, 0.2) is 5.78 Å². The van der Waals surface area contributed by atoms with Crippen molar-refractivity contribution in [1.82, 2.24) is 0 Å². The Hall–Kier alpha value is -0.890. The number of carbonyl (C=O) groups is 1. The number of hydrogen-bond acceptors (Lipinski definition) is 2. The third kappa shape index (κ3) is 2.62. The summed E-state index contributed by atoms with van der Waals surface area (Å²) >= 11 is 0. The van der Waals surface area contributed by atoms with Crippen LogP contribution in [-0.2, 0) is 4.79 Å². The third-order valence-electron chi connectivity index (χ3n) is 2.85. The van der Waals surface area contributed by atoms with Crippen molar-refractivity contribution in [1.29, 1.82) is 0 Å². The number of hydrogen-bond donors (Lipinski definition) is 1. The lowest BCUT2D eigenvalue weighted by atomic mass is 9.74. The predicted octanol–water partition coefficient (Wildman–Crippen LogP) is 2.88. The summed E-state index contributed by atoms with van der Waals surface area (Å²) in [6.45, 7) is 12.2. The molecule has 0 bridgehead atoms. The summed E-state index contributed by atoms with van der Waals surface area (Å²) in [6.07, 6.45) is 2.63. The van der Waals surface area contributed by atoms with Gasteiger partial charge in [-0.25, -0.2) is 0 Å². The van der Waals surface area contributed by atoms with Crippen LogP contribution >= 0.6 is 0 Å². The lowest BCUT2D eigenvalue weighted by molar-refractivity contribution is -0.122. The van der Waals surface area contributed by atoms with Crippen molar-refractivity contribution in [2.24, 2.45) is 10.8 Å². The third-order valence-corrected chi connectivity index (χ3v) is 2.85. The molecule has 2 nitrogen and oxygen atoms in total.